The van der Waals surface area contributed by atoms with E-state index in [2.05, 4.69) is 16.0 Å². The van der Waals surface area contributed by atoms with Crippen molar-refractivity contribution in [2.45, 2.75) is 57.4 Å². The van der Waals surface area contributed by atoms with Crippen LogP contribution in [-0.2, 0) is 28.4 Å². The molecule has 1 aromatic rings. The van der Waals surface area contributed by atoms with Gasteiger partial charge in [0.05, 0.1) is 11.1 Å². The lowest BCUT2D eigenvalue weighted by atomic mass is 10.0. The van der Waals surface area contributed by atoms with Gasteiger partial charge in [0.25, 0.3) is 17.7 Å². The summed E-state index contributed by atoms with van der Waals surface area (Å²) in [5.41, 5.74) is 0.558. The molecule has 0 fully saturated rings. The van der Waals surface area contributed by atoms with E-state index in [1.54, 1.807) is 42.7 Å². The van der Waals surface area contributed by atoms with Gasteiger partial charge >= 0.3 is 0 Å². The predicted molar refractivity (Wildman–Crippen MR) is 145 cm³/mol. The number of nitrogens with one attached hydrogen (secondary N) is 3. The summed E-state index contributed by atoms with van der Waals surface area (Å²) in [6.07, 6.45) is 2.59. The highest BCUT2D eigenvalue weighted by atomic mass is 16.7. The van der Waals surface area contributed by atoms with Crippen molar-refractivity contribution in [1.82, 2.24) is 16.0 Å². The van der Waals surface area contributed by atoms with Crippen LogP contribution in [-0.4, -0.2) is 98.9 Å². The lowest BCUT2D eigenvalue weighted by Crippen LogP contribution is -2.32. The average molecular weight is 556 g/mol. The lowest BCUT2D eigenvalue weighted by Gasteiger charge is -2.15. The van der Waals surface area contributed by atoms with E-state index in [1.165, 1.54) is 18.2 Å². The Kier molecular flexibility index (Phi) is 17.9. The largest absolute Gasteiger partial charge is 0.356 e. The molecule has 0 aliphatic heterocycles. The van der Waals surface area contributed by atoms with E-state index < -0.39 is 11.8 Å². The Bertz CT molecular complexity index is 857. The summed E-state index contributed by atoms with van der Waals surface area (Å²) < 4.78 is 30.9. The van der Waals surface area contributed by atoms with Crippen LogP contribution in [0.15, 0.2) is 18.2 Å². The topological polar surface area (TPSA) is 143 Å². The number of benzene rings is 1. The summed E-state index contributed by atoms with van der Waals surface area (Å²) in [6.45, 7) is 1.11. The molecule has 3 N–H and O–H groups in total. The minimum atomic E-state index is -0.456. The van der Waals surface area contributed by atoms with Crippen molar-refractivity contribution in [1.29, 1.82) is 0 Å². The van der Waals surface area contributed by atoms with E-state index in [1.807, 2.05) is 0 Å². The van der Waals surface area contributed by atoms with Crippen molar-refractivity contribution >= 4 is 17.7 Å². The van der Waals surface area contributed by atoms with Gasteiger partial charge in [-0.25, -0.2) is 0 Å². The molecule has 12 nitrogen and oxygen atoms in total. The fraction of sp³-hybridized carbons (Fsp3) is 0.667. The van der Waals surface area contributed by atoms with Crippen LogP contribution in [0.1, 0.15) is 69.6 Å². The first-order valence-corrected chi connectivity index (χ1v) is 13.0. The second-order valence-corrected chi connectivity index (χ2v) is 8.66. The highest BCUT2D eigenvalue weighted by molar-refractivity contribution is 6.09. The first-order valence-electron chi connectivity index (χ1n) is 13.0. The third-order valence-electron chi connectivity index (χ3n) is 6.05. The number of hydrogen-bond acceptors (Lipinski definition) is 9. The fourth-order valence-corrected chi connectivity index (χ4v) is 3.77. The molecule has 0 saturated carbocycles. The molecular formula is C27H45N3O9. The molecular weight excluding hydrogens is 510 g/mol. The van der Waals surface area contributed by atoms with E-state index in [9.17, 15) is 14.4 Å². The number of hydrogen-bond donors (Lipinski definition) is 3. The van der Waals surface area contributed by atoms with Crippen LogP contribution in [0.3, 0.4) is 0 Å². The molecule has 1 aromatic carbocycles. The summed E-state index contributed by atoms with van der Waals surface area (Å²) >= 11 is 0. The lowest BCUT2D eigenvalue weighted by molar-refractivity contribution is -0.106. The summed E-state index contributed by atoms with van der Waals surface area (Å²) in [5, 5.41) is 8.46. The van der Waals surface area contributed by atoms with Gasteiger partial charge in [-0.2, -0.15) is 0 Å². The van der Waals surface area contributed by atoms with Crippen LogP contribution in [0.25, 0.3) is 0 Å². The van der Waals surface area contributed by atoms with Crippen LogP contribution >= 0.6 is 0 Å². The molecule has 0 atom stereocenters. The number of carbonyl (C=O) groups excluding carboxylic acids is 3. The minimum Gasteiger partial charge on any atom is -0.356 e. The van der Waals surface area contributed by atoms with Crippen molar-refractivity contribution in [3.63, 3.8) is 0 Å². The van der Waals surface area contributed by atoms with Crippen molar-refractivity contribution in [2.75, 3.05) is 62.3 Å². The van der Waals surface area contributed by atoms with Crippen molar-refractivity contribution in [2.24, 2.45) is 0 Å². The molecule has 0 heterocycles. The van der Waals surface area contributed by atoms with Crippen LogP contribution in [0.2, 0.25) is 0 Å². The van der Waals surface area contributed by atoms with Crippen LogP contribution in [0, 0.1) is 0 Å². The third-order valence-corrected chi connectivity index (χ3v) is 6.05. The summed E-state index contributed by atoms with van der Waals surface area (Å²) in [4.78, 5) is 38.8. The molecule has 0 unspecified atom stereocenters. The predicted octanol–water partition coefficient (Wildman–Crippen LogP) is 2.07. The van der Waals surface area contributed by atoms with Gasteiger partial charge in [0.2, 0.25) is 0 Å². The molecule has 0 radical (unpaired) electrons. The van der Waals surface area contributed by atoms with Crippen LogP contribution in [0.5, 0.6) is 0 Å². The number of amides is 3. The van der Waals surface area contributed by atoms with Crippen molar-refractivity contribution < 1.29 is 42.8 Å². The Labute approximate surface area is 231 Å². The molecule has 0 aliphatic rings. The zero-order valence-corrected chi connectivity index (χ0v) is 24.0. The molecule has 0 saturated heterocycles. The highest BCUT2D eigenvalue weighted by Crippen LogP contribution is 2.14. The standard InChI is InChI=1S/C27H45N3O9/c1-34-22(35-2)10-7-15-28-25(31)19-13-14-20(26(32)29-16-8-11-23(36-3)37-4)21(18-19)27(33)30-17-9-12-24(38-5)39-6/h13-14,18,22-24H,7-12,15-17H2,1-6H3,(H,28,31)(H,29,32)(H,30,33). The van der Waals surface area contributed by atoms with Gasteiger partial charge in [0.1, 0.15) is 0 Å². The Balaban J connectivity index is 2.90. The van der Waals surface area contributed by atoms with Crippen molar-refractivity contribution in [3.05, 3.63) is 34.9 Å². The van der Waals surface area contributed by atoms with E-state index in [-0.39, 0.29) is 41.5 Å². The summed E-state index contributed by atoms with van der Waals surface area (Å²) in [5.74, 6) is -1.22. The smallest absolute Gasteiger partial charge is 0.252 e. The summed E-state index contributed by atoms with van der Waals surface area (Å²) in [7, 11) is 9.31. The van der Waals surface area contributed by atoms with E-state index in [4.69, 9.17) is 28.4 Å². The molecule has 12 heteroatoms. The molecule has 222 valence electrons. The quantitative estimate of drug-likeness (QED) is 0.153. The normalized spacial score (nSPS) is 11.3. The molecule has 3 amide bonds. The monoisotopic (exact) mass is 555 g/mol. The van der Waals surface area contributed by atoms with Gasteiger partial charge in [-0.15, -0.1) is 0 Å². The molecule has 39 heavy (non-hydrogen) atoms. The summed E-state index contributed by atoms with van der Waals surface area (Å²) in [6, 6.07) is 4.46. The maximum atomic E-state index is 13.1. The Hall–Kier alpha value is -2.61. The maximum Gasteiger partial charge on any atom is 0.252 e. The molecule has 1 rings (SSSR count). The zero-order valence-electron chi connectivity index (χ0n) is 24.0. The minimum absolute atomic E-state index is 0.112. The van der Waals surface area contributed by atoms with Gasteiger partial charge < -0.3 is 44.4 Å². The Morgan fingerprint density at radius 1 is 0.564 bits per heavy atom. The Morgan fingerprint density at radius 3 is 1.31 bits per heavy atom. The Morgan fingerprint density at radius 2 is 0.923 bits per heavy atom. The fourth-order valence-electron chi connectivity index (χ4n) is 3.77. The van der Waals surface area contributed by atoms with Gasteiger partial charge in [0, 0.05) is 87.1 Å². The first kappa shape index (κ1) is 34.4. The highest BCUT2D eigenvalue weighted by Gasteiger charge is 2.20. The zero-order chi connectivity index (χ0) is 29.0. The van der Waals surface area contributed by atoms with E-state index >= 15 is 0 Å². The molecule has 0 bridgehead atoms. The molecule has 0 spiro atoms. The SMILES string of the molecule is COC(CCCNC(=O)c1ccc(C(=O)NCCCC(OC)OC)c(C(=O)NCCCC(OC)OC)c1)OC. The number of rotatable bonds is 21. The van der Waals surface area contributed by atoms with Crippen LogP contribution < -0.4 is 16.0 Å². The first-order chi connectivity index (χ1) is 18.8. The average Bonchev–Trinajstić information content (AvgIpc) is 2.96. The van der Waals surface area contributed by atoms with Gasteiger partial charge in [0.15, 0.2) is 18.9 Å². The maximum absolute atomic E-state index is 13.1. The van der Waals surface area contributed by atoms with Crippen molar-refractivity contribution in [3.8, 4) is 0 Å². The second kappa shape index (κ2) is 20.3. The van der Waals surface area contributed by atoms with Gasteiger partial charge in [-0.1, -0.05) is 0 Å². The van der Waals surface area contributed by atoms with E-state index in [0.29, 0.717) is 58.2 Å². The third kappa shape index (κ3) is 12.9. The second-order valence-electron chi connectivity index (χ2n) is 8.66. The molecule has 0 aliphatic carbocycles. The number of ether oxygens (including phenoxy) is 6. The van der Waals surface area contributed by atoms with E-state index in [0.717, 1.165) is 0 Å². The van der Waals surface area contributed by atoms with Gasteiger partial charge in [-0.05, 0) is 37.5 Å². The van der Waals surface area contributed by atoms with Crippen LogP contribution in [0.4, 0.5) is 0 Å². The van der Waals surface area contributed by atoms with Gasteiger partial charge in [-0.3, -0.25) is 14.4 Å². The molecule has 0 aromatic heterocycles. The number of carbonyl (C=O) groups is 3. The number of methoxy groups -OCH3 is 6.